The van der Waals surface area contributed by atoms with E-state index in [2.05, 4.69) is 5.32 Å². The van der Waals surface area contributed by atoms with Gasteiger partial charge in [-0.1, -0.05) is 0 Å². The first-order chi connectivity index (χ1) is 15.2. The summed E-state index contributed by atoms with van der Waals surface area (Å²) in [7, 11) is 0. The van der Waals surface area contributed by atoms with E-state index in [1.807, 2.05) is 22.6 Å². The number of anilines is 1. The van der Waals surface area contributed by atoms with Gasteiger partial charge in [0.15, 0.2) is 18.1 Å². The Bertz CT molecular complexity index is 1130. The highest BCUT2D eigenvalue weighted by atomic mass is 127. The van der Waals surface area contributed by atoms with Gasteiger partial charge in [-0.25, -0.2) is 14.1 Å². The average Bonchev–Trinajstić information content (AvgIpc) is 2.72. The fraction of sp³-hybridized carbons (Fsp3) is 0.143. The molecule has 1 heterocycles. The minimum atomic E-state index is -0.941. The van der Waals surface area contributed by atoms with Crippen molar-refractivity contribution in [2.24, 2.45) is 5.73 Å². The molecule has 0 aromatic heterocycles. The van der Waals surface area contributed by atoms with Crippen molar-refractivity contribution in [2.45, 2.75) is 6.92 Å². The number of nitrogens with two attached hydrogens (primary N) is 1. The Morgan fingerprint density at radius 2 is 1.88 bits per heavy atom. The molecule has 3 rings (SSSR count). The van der Waals surface area contributed by atoms with Gasteiger partial charge >= 0.3 is 6.03 Å². The van der Waals surface area contributed by atoms with Crippen LogP contribution in [0.2, 0.25) is 0 Å². The minimum absolute atomic E-state index is 0.104. The molecule has 0 atom stereocenters. The monoisotopic (exact) mass is 553 g/mol. The molecule has 32 heavy (non-hydrogen) atoms. The first-order valence-electron chi connectivity index (χ1n) is 9.25. The van der Waals surface area contributed by atoms with E-state index in [1.165, 1.54) is 24.3 Å². The number of nitrogens with zero attached hydrogens (tertiary/aromatic N) is 1. The molecule has 11 heteroatoms. The van der Waals surface area contributed by atoms with E-state index in [9.17, 15) is 23.6 Å². The first kappa shape index (κ1) is 23.2. The zero-order valence-corrected chi connectivity index (χ0v) is 18.8. The quantitative estimate of drug-likeness (QED) is 0.308. The summed E-state index contributed by atoms with van der Waals surface area (Å²) in [6, 6.07) is 6.88. The molecule has 9 nitrogen and oxygen atoms in total. The van der Waals surface area contributed by atoms with Gasteiger partial charge in [-0.3, -0.25) is 19.7 Å². The van der Waals surface area contributed by atoms with E-state index in [1.54, 1.807) is 13.0 Å². The van der Waals surface area contributed by atoms with Gasteiger partial charge in [0.1, 0.15) is 11.4 Å². The molecule has 1 aliphatic rings. The number of carbonyl (C=O) groups is 4. The Balaban J connectivity index is 2.00. The van der Waals surface area contributed by atoms with Crippen LogP contribution in [0.1, 0.15) is 12.5 Å². The molecule has 2 aromatic rings. The van der Waals surface area contributed by atoms with Crippen LogP contribution in [0.5, 0.6) is 11.5 Å². The number of barbiturate groups is 1. The third-order valence-corrected chi connectivity index (χ3v) is 4.99. The van der Waals surface area contributed by atoms with Crippen LogP contribution in [0.25, 0.3) is 6.08 Å². The number of nitrogens with one attached hydrogen (secondary N) is 1. The van der Waals surface area contributed by atoms with E-state index in [0.29, 0.717) is 9.13 Å². The largest absolute Gasteiger partial charge is 0.490 e. The maximum atomic E-state index is 13.2. The highest BCUT2D eigenvalue weighted by Gasteiger charge is 2.36. The second-order valence-electron chi connectivity index (χ2n) is 6.45. The Morgan fingerprint density at radius 3 is 2.50 bits per heavy atom. The number of urea groups is 1. The fourth-order valence-electron chi connectivity index (χ4n) is 2.87. The van der Waals surface area contributed by atoms with E-state index < -0.39 is 29.6 Å². The number of benzene rings is 2. The first-order valence-corrected chi connectivity index (χ1v) is 10.3. The third kappa shape index (κ3) is 5.04. The Hall–Kier alpha value is -3.48. The number of amides is 5. The van der Waals surface area contributed by atoms with Crippen LogP contribution in [0.4, 0.5) is 14.9 Å². The molecule has 2 aromatic carbocycles. The summed E-state index contributed by atoms with van der Waals surface area (Å²) in [6.45, 7) is 1.68. The average molecular weight is 553 g/mol. The van der Waals surface area contributed by atoms with Gasteiger partial charge in [-0.15, -0.1) is 0 Å². The number of hydrogen-bond donors (Lipinski definition) is 2. The third-order valence-electron chi connectivity index (χ3n) is 4.19. The van der Waals surface area contributed by atoms with Crippen molar-refractivity contribution in [1.82, 2.24) is 5.32 Å². The highest BCUT2D eigenvalue weighted by molar-refractivity contribution is 14.1. The van der Waals surface area contributed by atoms with E-state index >= 15 is 0 Å². The smallest absolute Gasteiger partial charge is 0.335 e. The molecule has 0 spiro atoms. The molecule has 0 unspecified atom stereocenters. The Kier molecular flexibility index (Phi) is 7.08. The summed E-state index contributed by atoms with van der Waals surface area (Å²) in [5.74, 6) is -2.38. The molecule has 166 valence electrons. The number of rotatable bonds is 7. The van der Waals surface area contributed by atoms with Gasteiger partial charge in [0.25, 0.3) is 17.7 Å². The van der Waals surface area contributed by atoms with Crippen LogP contribution in [0.3, 0.4) is 0 Å². The lowest BCUT2D eigenvalue weighted by atomic mass is 10.1. The highest BCUT2D eigenvalue weighted by Crippen LogP contribution is 2.35. The number of hydrogen-bond acceptors (Lipinski definition) is 6. The number of ether oxygens (including phenoxy) is 2. The lowest BCUT2D eigenvalue weighted by Crippen LogP contribution is -2.54. The summed E-state index contributed by atoms with van der Waals surface area (Å²) in [5, 5.41) is 2.10. The Morgan fingerprint density at radius 1 is 1.19 bits per heavy atom. The van der Waals surface area contributed by atoms with Gasteiger partial charge in [0, 0.05) is 0 Å². The van der Waals surface area contributed by atoms with Crippen LogP contribution in [-0.2, 0) is 14.4 Å². The molecule has 3 N–H and O–H groups in total. The van der Waals surface area contributed by atoms with Gasteiger partial charge in [-0.05, 0) is 77.6 Å². The molecule has 0 bridgehead atoms. The summed E-state index contributed by atoms with van der Waals surface area (Å²) >= 11 is 1.95. The zero-order valence-electron chi connectivity index (χ0n) is 16.7. The topological polar surface area (TPSA) is 128 Å². The lowest BCUT2D eigenvalue weighted by Gasteiger charge is -2.26. The second-order valence-corrected chi connectivity index (χ2v) is 7.61. The normalized spacial score (nSPS) is 15.0. The maximum Gasteiger partial charge on any atom is 0.335 e. The van der Waals surface area contributed by atoms with E-state index in [0.717, 1.165) is 17.0 Å². The molecule has 0 radical (unpaired) electrons. The van der Waals surface area contributed by atoms with Crippen molar-refractivity contribution in [3.05, 3.63) is 56.9 Å². The van der Waals surface area contributed by atoms with Crippen molar-refractivity contribution in [3.63, 3.8) is 0 Å². The van der Waals surface area contributed by atoms with Gasteiger partial charge in [0.05, 0.1) is 15.9 Å². The maximum absolute atomic E-state index is 13.2. The number of imide groups is 2. The SMILES string of the molecule is CCOc1cc(/C=C2\C(=O)NC(=O)N(c3ccc(F)cc3)C2=O)cc(I)c1OCC(N)=O. The van der Waals surface area contributed by atoms with Gasteiger partial charge in [-0.2, -0.15) is 0 Å². The van der Waals surface area contributed by atoms with Crippen molar-refractivity contribution < 1.29 is 33.0 Å². The molecular formula is C21H17FIN3O6. The number of halogens is 2. The van der Waals surface area contributed by atoms with Gasteiger partial charge < -0.3 is 15.2 Å². The summed E-state index contributed by atoms with van der Waals surface area (Å²) < 4.78 is 24.7. The number of primary amides is 1. The van der Waals surface area contributed by atoms with Gasteiger partial charge in [0.2, 0.25) is 0 Å². The van der Waals surface area contributed by atoms with E-state index in [4.69, 9.17) is 15.2 Å². The van der Waals surface area contributed by atoms with E-state index in [-0.39, 0.29) is 36.0 Å². The second kappa shape index (κ2) is 9.77. The summed E-state index contributed by atoms with van der Waals surface area (Å²) in [5.41, 5.74) is 5.34. The summed E-state index contributed by atoms with van der Waals surface area (Å²) in [6.07, 6.45) is 1.29. The van der Waals surface area contributed by atoms with Crippen molar-refractivity contribution in [2.75, 3.05) is 18.1 Å². The fourth-order valence-corrected chi connectivity index (χ4v) is 3.65. The van der Waals surface area contributed by atoms with Crippen LogP contribution in [0.15, 0.2) is 42.0 Å². The zero-order chi connectivity index (χ0) is 23.4. The number of carbonyl (C=O) groups excluding carboxylic acids is 4. The predicted molar refractivity (Wildman–Crippen MR) is 120 cm³/mol. The molecule has 1 aliphatic heterocycles. The predicted octanol–water partition coefficient (Wildman–Crippen LogP) is 2.36. The summed E-state index contributed by atoms with van der Waals surface area (Å²) in [4.78, 5) is 49.4. The lowest BCUT2D eigenvalue weighted by molar-refractivity contribution is -0.123. The van der Waals surface area contributed by atoms with Crippen LogP contribution < -0.4 is 25.4 Å². The molecule has 5 amide bonds. The molecule has 0 aliphatic carbocycles. The molecule has 1 fully saturated rings. The van der Waals surface area contributed by atoms with Crippen LogP contribution in [-0.4, -0.2) is 37.0 Å². The minimum Gasteiger partial charge on any atom is -0.490 e. The Labute approximate surface area is 195 Å². The van der Waals surface area contributed by atoms with Crippen LogP contribution in [0, 0.1) is 9.39 Å². The van der Waals surface area contributed by atoms with Crippen molar-refractivity contribution >= 4 is 58.1 Å². The van der Waals surface area contributed by atoms with Crippen molar-refractivity contribution in [3.8, 4) is 11.5 Å². The standard InChI is InChI=1S/C21H17FIN3O6/c1-2-31-16-9-11(8-15(23)18(16)32-10-17(24)27)7-14-19(28)25-21(30)26(20(14)29)13-5-3-12(22)4-6-13/h3-9H,2,10H2,1H3,(H2,24,27)(H,25,28,30)/b14-7+. The molecule has 0 saturated carbocycles. The van der Waals surface area contributed by atoms with Crippen LogP contribution >= 0.6 is 22.6 Å². The molecular weight excluding hydrogens is 536 g/mol. The van der Waals surface area contributed by atoms with Crippen molar-refractivity contribution in [1.29, 1.82) is 0 Å². The molecule has 1 saturated heterocycles.